The minimum absolute atomic E-state index is 0.0238. The van der Waals surface area contributed by atoms with Crippen molar-refractivity contribution in [3.8, 4) is 11.4 Å². The van der Waals surface area contributed by atoms with Crippen molar-refractivity contribution in [2.24, 2.45) is 0 Å². The van der Waals surface area contributed by atoms with Crippen molar-refractivity contribution in [1.82, 2.24) is 9.97 Å². The second-order valence-electron chi connectivity index (χ2n) is 3.27. The highest BCUT2D eigenvalue weighted by Crippen LogP contribution is 2.24. The Morgan fingerprint density at radius 3 is 2.76 bits per heavy atom. The number of rotatable bonds is 2. The van der Waals surface area contributed by atoms with Crippen LogP contribution in [0.5, 0.6) is 0 Å². The summed E-state index contributed by atoms with van der Waals surface area (Å²) in [7, 11) is 0. The van der Waals surface area contributed by atoms with E-state index in [0.717, 1.165) is 10.0 Å². The summed E-state index contributed by atoms with van der Waals surface area (Å²) in [6.07, 6.45) is 0. The molecule has 0 atom stereocenters. The lowest BCUT2D eigenvalue weighted by atomic mass is 10.2. The highest BCUT2D eigenvalue weighted by atomic mass is 79.9. The zero-order valence-corrected chi connectivity index (χ0v) is 10.9. The number of aromatic amines is 1. The summed E-state index contributed by atoms with van der Waals surface area (Å²) < 4.78 is 1.06. The number of aromatic nitrogens is 2. The third kappa shape index (κ3) is 2.59. The topological polar surface area (TPSA) is 66.0 Å². The molecule has 6 heteroatoms. The maximum absolute atomic E-state index is 10.9. The molecule has 0 spiro atoms. The van der Waals surface area contributed by atoms with Crippen LogP contribution in [0.25, 0.3) is 11.4 Å². The van der Waals surface area contributed by atoms with Crippen molar-refractivity contribution in [3.05, 3.63) is 45.1 Å². The molecule has 0 bridgehead atoms. The third-order valence-electron chi connectivity index (χ3n) is 2.10. The predicted molar refractivity (Wildman–Crippen MR) is 69.5 cm³/mol. The van der Waals surface area contributed by atoms with E-state index in [1.165, 1.54) is 6.07 Å². The number of aromatic carboxylic acids is 1. The first-order valence-corrected chi connectivity index (χ1v) is 5.87. The molecule has 0 aliphatic carbocycles. The van der Waals surface area contributed by atoms with Gasteiger partial charge in [-0.2, -0.15) is 0 Å². The van der Waals surface area contributed by atoms with E-state index in [9.17, 15) is 4.79 Å². The maximum atomic E-state index is 10.9. The molecule has 1 heterocycles. The highest BCUT2D eigenvalue weighted by Gasteiger charge is 2.09. The summed E-state index contributed by atoms with van der Waals surface area (Å²) in [6.45, 7) is 0. The fourth-order valence-electron chi connectivity index (χ4n) is 1.35. The summed E-state index contributed by atoms with van der Waals surface area (Å²) in [4.78, 5) is 17.8. The van der Waals surface area contributed by atoms with E-state index in [0.29, 0.717) is 5.82 Å². The number of benzene rings is 1. The molecule has 0 fully saturated rings. The van der Waals surface area contributed by atoms with Gasteiger partial charge in [0.05, 0.1) is 0 Å². The van der Waals surface area contributed by atoms with Gasteiger partial charge in [-0.05, 0) is 6.07 Å². The lowest BCUT2D eigenvalue weighted by Gasteiger charge is -2.04. The standard InChI is InChI=1S/C11H7BrN2O2S/c12-7-4-2-1-3-6(7)10-13-8(11(15)16)5-9(17)14-10/h1-5H,(H,15,16)(H,13,14,17). The van der Waals surface area contributed by atoms with Crippen LogP contribution in [-0.4, -0.2) is 21.0 Å². The van der Waals surface area contributed by atoms with Crippen LogP contribution in [0.3, 0.4) is 0 Å². The van der Waals surface area contributed by atoms with Gasteiger partial charge < -0.3 is 10.1 Å². The van der Waals surface area contributed by atoms with Gasteiger partial charge in [-0.15, -0.1) is 0 Å². The number of nitrogens with one attached hydrogen (secondary N) is 1. The van der Waals surface area contributed by atoms with Gasteiger partial charge in [-0.3, -0.25) is 0 Å². The fraction of sp³-hybridized carbons (Fsp3) is 0. The first-order chi connectivity index (χ1) is 8.08. The van der Waals surface area contributed by atoms with Crippen molar-refractivity contribution in [3.63, 3.8) is 0 Å². The summed E-state index contributed by atoms with van der Waals surface area (Å²) in [5.41, 5.74) is 0.789. The van der Waals surface area contributed by atoms with Gasteiger partial charge in [0.15, 0.2) is 0 Å². The quantitative estimate of drug-likeness (QED) is 0.836. The Morgan fingerprint density at radius 2 is 2.12 bits per heavy atom. The van der Waals surface area contributed by atoms with Gasteiger partial charge in [-0.25, -0.2) is 9.78 Å². The molecule has 0 aliphatic rings. The molecular weight excluding hydrogens is 304 g/mol. The Balaban J connectivity index is 2.64. The van der Waals surface area contributed by atoms with Gasteiger partial charge in [0.1, 0.15) is 16.2 Å². The summed E-state index contributed by atoms with van der Waals surface area (Å²) in [5, 5.41) is 8.93. The molecule has 2 N–H and O–H groups in total. The average molecular weight is 311 g/mol. The van der Waals surface area contributed by atoms with Crippen molar-refractivity contribution < 1.29 is 9.90 Å². The number of halogens is 1. The van der Waals surface area contributed by atoms with Crippen LogP contribution in [0.1, 0.15) is 10.5 Å². The molecule has 0 unspecified atom stereocenters. The van der Waals surface area contributed by atoms with E-state index in [1.54, 1.807) is 0 Å². The summed E-state index contributed by atoms with van der Waals surface area (Å²) in [6, 6.07) is 8.69. The molecule has 0 saturated carbocycles. The van der Waals surface area contributed by atoms with Gasteiger partial charge in [0.25, 0.3) is 0 Å². The number of H-pyrrole nitrogens is 1. The zero-order chi connectivity index (χ0) is 12.4. The molecule has 17 heavy (non-hydrogen) atoms. The Hall–Kier alpha value is -1.53. The van der Waals surface area contributed by atoms with Crippen LogP contribution in [0.15, 0.2) is 34.8 Å². The number of nitrogens with zero attached hydrogens (tertiary/aromatic N) is 1. The zero-order valence-electron chi connectivity index (χ0n) is 8.48. The van der Waals surface area contributed by atoms with Gasteiger partial charge in [0.2, 0.25) is 0 Å². The Bertz CT molecular complexity index is 639. The number of carboxylic acid groups (broad SMARTS) is 1. The minimum Gasteiger partial charge on any atom is -0.477 e. The lowest BCUT2D eigenvalue weighted by Crippen LogP contribution is -2.03. The predicted octanol–water partition coefficient (Wildman–Crippen LogP) is 3.27. The van der Waals surface area contributed by atoms with Crippen LogP contribution in [-0.2, 0) is 0 Å². The van der Waals surface area contributed by atoms with Crippen molar-refractivity contribution >= 4 is 34.1 Å². The SMILES string of the molecule is O=C(O)c1cc(=S)nc(-c2ccccc2Br)[nH]1. The molecule has 0 saturated heterocycles. The Labute approximate surface area is 110 Å². The van der Waals surface area contributed by atoms with E-state index >= 15 is 0 Å². The lowest BCUT2D eigenvalue weighted by molar-refractivity contribution is 0.0690. The average Bonchev–Trinajstić information content (AvgIpc) is 2.28. The van der Waals surface area contributed by atoms with Crippen LogP contribution >= 0.6 is 28.1 Å². The first-order valence-electron chi connectivity index (χ1n) is 4.67. The van der Waals surface area contributed by atoms with Crippen molar-refractivity contribution in [2.75, 3.05) is 0 Å². The molecule has 1 aromatic carbocycles. The molecular formula is C11H7BrN2O2S. The largest absolute Gasteiger partial charge is 0.477 e. The maximum Gasteiger partial charge on any atom is 0.352 e. The third-order valence-corrected chi connectivity index (χ3v) is 3.00. The van der Waals surface area contributed by atoms with Crippen molar-refractivity contribution in [2.45, 2.75) is 0 Å². The number of carbonyl (C=O) groups is 1. The number of hydrogen-bond acceptors (Lipinski definition) is 3. The number of hydrogen-bond donors (Lipinski definition) is 2. The molecule has 2 rings (SSSR count). The minimum atomic E-state index is -1.06. The van der Waals surface area contributed by atoms with E-state index in [4.69, 9.17) is 17.3 Å². The molecule has 1 aromatic heterocycles. The summed E-state index contributed by atoms with van der Waals surface area (Å²) in [5.74, 6) is -0.630. The highest BCUT2D eigenvalue weighted by molar-refractivity contribution is 9.10. The Morgan fingerprint density at radius 1 is 1.41 bits per heavy atom. The Kier molecular flexibility index (Phi) is 3.35. The van der Waals surface area contributed by atoms with E-state index < -0.39 is 5.97 Å². The second-order valence-corrected chi connectivity index (χ2v) is 4.54. The van der Waals surface area contributed by atoms with Crippen LogP contribution in [0, 0.1) is 4.64 Å². The van der Waals surface area contributed by atoms with E-state index in [-0.39, 0.29) is 10.3 Å². The molecule has 0 aliphatic heterocycles. The molecule has 2 aromatic rings. The normalized spacial score (nSPS) is 10.2. The van der Waals surface area contributed by atoms with E-state index in [1.807, 2.05) is 24.3 Å². The second kappa shape index (κ2) is 4.77. The van der Waals surface area contributed by atoms with Crippen LogP contribution in [0.2, 0.25) is 0 Å². The van der Waals surface area contributed by atoms with Crippen LogP contribution in [0.4, 0.5) is 0 Å². The molecule has 0 radical (unpaired) electrons. The molecule has 86 valence electrons. The van der Waals surface area contributed by atoms with Crippen molar-refractivity contribution in [1.29, 1.82) is 0 Å². The van der Waals surface area contributed by atoms with E-state index in [2.05, 4.69) is 25.9 Å². The van der Waals surface area contributed by atoms with Gasteiger partial charge in [-0.1, -0.05) is 46.3 Å². The molecule has 4 nitrogen and oxygen atoms in total. The van der Waals surface area contributed by atoms with Gasteiger partial charge in [0, 0.05) is 16.1 Å². The monoisotopic (exact) mass is 310 g/mol. The number of carboxylic acids is 1. The summed E-state index contributed by atoms with van der Waals surface area (Å²) >= 11 is 8.32. The fourth-order valence-corrected chi connectivity index (χ4v) is 2.04. The van der Waals surface area contributed by atoms with Crippen LogP contribution < -0.4 is 0 Å². The molecule has 0 amide bonds. The van der Waals surface area contributed by atoms with Gasteiger partial charge >= 0.3 is 5.97 Å². The first kappa shape index (κ1) is 11.9. The smallest absolute Gasteiger partial charge is 0.352 e.